The number of hydrogen-bond acceptors (Lipinski definition) is 6. The van der Waals surface area contributed by atoms with Crippen molar-refractivity contribution in [2.24, 2.45) is 11.5 Å². The molecule has 1 aliphatic heterocycles. The molecule has 8 nitrogen and oxygen atoms in total. The van der Waals surface area contributed by atoms with Gasteiger partial charge in [-0.3, -0.25) is 14.4 Å². The highest BCUT2D eigenvalue weighted by Crippen LogP contribution is 2.36. The minimum Gasteiger partial charge on any atom is -0.392 e. The zero-order valence-corrected chi connectivity index (χ0v) is 17.0. The van der Waals surface area contributed by atoms with Crippen LogP contribution in [0.3, 0.4) is 0 Å². The third-order valence-corrected chi connectivity index (χ3v) is 5.63. The van der Waals surface area contributed by atoms with Gasteiger partial charge in [0.05, 0.1) is 0 Å². The van der Waals surface area contributed by atoms with Crippen LogP contribution in [0.25, 0.3) is 0 Å². The van der Waals surface area contributed by atoms with Crippen LogP contribution >= 0.6 is 11.8 Å². The lowest BCUT2D eigenvalue weighted by molar-refractivity contribution is -0.127. The summed E-state index contributed by atoms with van der Waals surface area (Å²) in [6.45, 7) is 5.24. The van der Waals surface area contributed by atoms with Crippen LogP contribution in [0.2, 0.25) is 0 Å². The molecule has 1 aromatic rings. The van der Waals surface area contributed by atoms with E-state index in [1.54, 1.807) is 29.2 Å². The van der Waals surface area contributed by atoms with Gasteiger partial charge in [0.25, 0.3) is 5.91 Å². The Bertz CT molecular complexity index is 763. The number of rotatable bonds is 9. The number of carbonyl (C=O) groups excluding carboxylic acids is 3. The Kier molecular flexibility index (Phi) is 7.74. The second kappa shape index (κ2) is 10.0. The summed E-state index contributed by atoms with van der Waals surface area (Å²) >= 11 is 1.29. The van der Waals surface area contributed by atoms with Gasteiger partial charge in [0.1, 0.15) is 16.0 Å². The van der Waals surface area contributed by atoms with E-state index in [2.05, 4.69) is 10.6 Å². The molecule has 0 unspecified atom stereocenters. The van der Waals surface area contributed by atoms with Gasteiger partial charge in [-0.05, 0) is 37.6 Å². The fourth-order valence-electron chi connectivity index (χ4n) is 2.69. The molecule has 9 heteroatoms. The highest BCUT2D eigenvalue weighted by Gasteiger charge is 2.38. The molecular weight excluding hydrogens is 378 g/mol. The van der Waals surface area contributed by atoms with Crippen LogP contribution in [-0.4, -0.2) is 47.5 Å². The highest BCUT2D eigenvalue weighted by atomic mass is 32.2. The fraction of sp³-hybridized carbons (Fsp3) is 0.421. The van der Waals surface area contributed by atoms with Crippen molar-refractivity contribution in [3.05, 3.63) is 40.6 Å². The predicted octanol–water partition coefficient (Wildman–Crippen LogP) is 1.21. The van der Waals surface area contributed by atoms with Crippen molar-refractivity contribution in [1.29, 1.82) is 0 Å². The number of amides is 3. The molecule has 0 aromatic heterocycles. The third kappa shape index (κ3) is 5.19. The molecule has 1 aliphatic rings. The van der Waals surface area contributed by atoms with Gasteiger partial charge in [-0.25, -0.2) is 0 Å². The largest absolute Gasteiger partial charge is 0.392 e. The van der Waals surface area contributed by atoms with Gasteiger partial charge < -0.3 is 27.0 Å². The van der Waals surface area contributed by atoms with Crippen molar-refractivity contribution in [3.63, 3.8) is 0 Å². The normalized spacial score (nSPS) is 18.1. The predicted molar refractivity (Wildman–Crippen MR) is 111 cm³/mol. The van der Waals surface area contributed by atoms with Crippen molar-refractivity contribution in [1.82, 2.24) is 10.2 Å². The number of thioether (sulfide) groups is 1. The number of anilines is 1. The second-order valence-electron chi connectivity index (χ2n) is 6.34. The lowest BCUT2D eigenvalue weighted by atomic mass is 10.2. The Labute approximate surface area is 169 Å². The molecule has 152 valence electrons. The van der Waals surface area contributed by atoms with Gasteiger partial charge in [-0.15, -0.1) is 0 Å². The Morgan fingerprint density at radius 1 is 1.18 bits per heavy atom. The van der Waals surface area contributed by atoms with Crippen LogP contribution in [0.1, 0.15) is 37.0 Å². The molecule has 0 bridgehead atoms. The number of nitrogens with two attached hydrogens (primary N) is 2. The number of unbranched alkanes of at least 4 members (excludes halogenated alkanes) is 1. The lowest BCUT2D eigenvalue weighted by Gasteiger charge is -2.16. The summed E-state index contributed by atoms with van der Waals surface area (Å²) in [5.41, 5.74) is 12.5. The molecule has 3 amide bonds. The molecular formula is C19H27N5O3S. The first kappa shape index (κ1) is 21.6. The SMILES string of the molecule is CCCCNC(=O)/C(N)=C1\S[C@H](CNc2ccc(C(N)=O)cc2)C(=O)N1CC. The second-order valence-corrected chi connectivity index (χ2v) is 7.53. The summed E-state index contributed by atoms with van der Waals surface area (Å²) in [4.78, 5) is 37.6. The average Bonchev–Trinajstić information content (AvgIpc) is 3.01. The first-order valence-corrected chi connectivity index (χ1v) is 10.2. The van der Waals surface area contributed by atoms with E-state index in [1.165, 1.54) is 11.8 Å². The van der Waals surface area contributed by atoms with Crippen molar-refractivity contribution in [3.8, 4) is 0 Å². The summed E-state index contributed by atoms with van der Waals surface area (Å²) in [6, 6.07) is 6.70. The number of primary amides is 1. The molecule has 1 aromatic carbocycles. The zero-order chi connectivity index (χ0) is 20.7. The van der Waals surface area contributed by atoms with Crippen LogP contribution < -0.4 is 22.1 Å². The van der Waals surface area contributed by atoms with Crippen LogP contribution in [0, 0.1) is 0 Å². The number of benzene rings is 1. The van der Waals surface area contributed by atoms with Crippen molar-refractivity contribution in [2.45, 2.75) is 31.9 Å². The maximum absolute atomic E-state index is 12.7. The smallest absolute Gasteiger partial charge is 0.269 e. The minimum absolute atomic E-state index is 0.0737. The first-order chi connectivity index (χ1) is 13.4. The maximum atomic E-state index is 12.7. The third-order valence-electron chi connectivity index (χ3n) is 4.31. The van der Waals surface area contributed by atoms with Crippen LogP contribution in [0.5, 0.6) is 0 Å². The Balaban J connectivity index is 2.04. The summed E-state index contributed by atoms with van der Waals surface area (Å²) < 4.78 is 0. The van der Waals surface area contributed by atoms with E-state index in [0.29, 0.717) is 30.2 Å². The van der Waals surface area contributed by atoms with E-state index in [9.17, 15) is 14.4 Å². The summed E-state index contributed by atoms with van der Waals surface area (Å²) in [5, 5.41) is 6.06. The Morgan fingerprint density at radius 2 is 1.86 bits per heavy atom. The monoisotopic (exact) mass is 405 g/mol. The number of nitrogens with zero attached hydrogens (tertiary/aromatic N) is 1. The maximum Gasteiger partial charge on any atom is 0.269 e. The van der Waals surface area contributed by atoms with E-state index in [4.69, 9.17) is 11.5 Å². The molecule has 28 heavy (non-hydrogen) atoms. The fourth-order valence-corrected chi connectivity index (χ4v) is 3.92. The average molecular weight is 406 g/mol. The highest BCUT2D eigenvalue weighted by molar-refractivity contribution is 8.04. The van der Waals surface area contributed by atoms with Crippen LogP contribution in [0.15, 0.2) is 35.0 Å². The van der Waals surface area contributed by atoms with Gasteiger partial charge in [0.2, 0.25) is 11.8 Å². The van der Waals surface area contributed by atoms with Crippen LogP contribution in [-0.2, 0) is 9.59 Å². The van der Waals surface area contributed by atoms with E-state index in [-0.39, 0.29) is 17.5 Å². The van der Waals surface area contributed by atoms with Gasteiger partial charge in [-0.2, -0.15) is 0 Å². The molecule has 0 spiro atoms. The summed E-state index contributed by atoms with van der Waals surface area (Å²) in [7, 11) is 0. The topological polar surface area (TPSA) is 131 Å². The van der Waals surface area contributed by atoms with Crippen molar-refractivity contribution in [2.75, 3.05) is 25.0 Å². The van der Waals surface area contributed by atoms with Gasteiger partial charge in [-0.1, -0.05) is 25.1 Å². The zero-order valence-electron chi connectivity index (χ0n) is 16.2. The first-order valence-electron chi connectivity index (χ1n) is 9.28. The molecule has 1 saturated heterocycles. The molecule has 0 aliphatic carbocycles. The minimum atomic E-state index is -0.492. The standard InChI is InChI=1S/C19H27N5O3S/c1-3-5-10-22-17(26)15(20)19-24(4-2)18(27)14(28-19)11-23-13-8-6-12(7-9-13)16(21)25/h6-9,14,23H,3-5,10-11,20H2,1-2H3,(H2,21,25)(H,22,26)/b19-15+/t14-/m1/s1. The van der Waals surface area contributed by atoms with Crippen LogP contribution in [0.4, 0.5) is 5.69 Å². The summed E-state index contributed by atoms with van der Waals surface area (Å²) in [5.74, 6) is -0.931. The molecule has 0 radical (unpaired) electrons. The quantitative estimate of drug-likeness (QED) is 0.361. The van der Waals surface area contributed by atoms with Gasteiger partial charge in [0, 0.05) is 30.9 Å². The lowest BCUT2D eigenvalue weighted by Crippen LogP contribution is -2.35. The van der Waals surface area contributed by atoms with E-state index in [1.807, 2.05) is 13.8 Å². The molecule has 0 saturated carbocycles. The van der Waals surface area contributed by atoms with Gasteiger partial charge >= 0.3 is 0 Å². The Hall–Kier alpha value is -2.68. The van der Waals surface area contributed by atoms with E-state index < -0.39 is 11.2 Å². The summed E-state index contributed by atoms with van der Waals surface area (Å²) in [6.07, 6.45) is 1.85. The molecule has 2 rings (SSSR count). The van der Waals surface area contributed by atoms with Crippen molar-refractivity contribution < 1.29 is 14.4 Å². The molecule has 1 fully saturated rings. The Morgan fingerprint density at radius 3 is 2.43 bits per heavy atom. The van der Waals surface area contributed by atoms with Crippen molar-refractivity contribution >= 4 is 35.2 Å². The number of nitrogens with one attached hydrogen (secondary N) is 2. The molecule has 1 heterocycles. The molecule has 1 atom stereocenters. The number of hydrogen-bond donors (Lipinski definition) is 4. The number of carbonyl (C=O) groups is 3. The van der Waals surface area contributed by atoms with Gasteiger partial charge in [0.15, 0.2) is 0 Å². The van der Waals surface area contributed by atoms with E-state index >= 15 is 0 Å². The van der Waals surface area contributed by atoms with E-state index in [0.717, 1.165) is 18.5 Å². The molecule has 6 N–H and O–H groups in total.